The van der Waals surface area contributed by atoms with Crippen molar-refractivity contribution in [1.82, 2.24) is 5.32 Å². The van der Waals surface area contributed by atoms with Crippen LogP contribution < -0.4 is 14.8 Å². The van der Waals surface area contributed by atoms with E-state index in [1.54, 1.807) is 26.4 Å². The van der Waals surface area contributed by atoms with E-state index in [1.807, 2.05) is 30.3 Å². The van der Waals surface area contributed by atoms with Gasteiger partial charge in [-0.25, -0.2) is 0 Å². The molecule has 0 radical (unpaired) electrons. The van der Waals surface area contributed by atoms with Gasteiger partial charge in [0.1, 0.15) is 11.5 Å². The van der Waals surface area contributed by atoms with Crippen LogP contribution in [0.4, 0.5) is 0 Å². The van der Waals surface area contributed by atoms with Gasteiger partial charge in [-0.1, -0.05) is 24.3 Å². The van der Waals surface area contributed by atoms with E-state index in [0.717, 1.165) is 15.8 Å². The van der Waals surface area contributed by atoms with Gasteiger partial charge in [0, 0.05) is 18.5 Å². The second-order valence-electron chi connectivity index (χ2n) is 5.53. The molecule has 25 heavy (non-hydrogen) atoms. The maximum atomic E-state index is 12.0. The highest BCUT2D eigenvalue weighted by molar-refractivity contribution is 9.10. The Labute approximate surface area is 156 Å². The number of carbonyl (C=O) groups is 1. The molecule has 0 aromatic heterocycles. The Morgan fingerprint density at radius 2 is 1.88 bits per heavy atom. The van der Waals surface area contributed by atoms with E-state index in [9.17, 15) is 9.90 Å². The zero-order valence-corrected chi connectivity index (χ0v) is 15.9. The Morgan fingerprint density at radius 1 is 1.16 bits per heavy atom. The van der Waals surface area contributed by atoms with Gasteiger partial charge in [-0.15, -0.1) is 0 Å². The van der Waals surface area contributed by atoms with E-state index in [4.69, 9.17) is 9.47 Å². The zero-order chi connectivity index (χ0) is 18.2. The van der Waals surface area contributed by atoms with Gasteiger partial charge in [0.15, 0.2) is 0 Å². The normalized spacial score (nSPS) is 11.7. The Hall–Kier alpha value is -2.05. The van der Waals surface area contributed by atoms with Crippen molar-refractivity contribution in [3.8, 4) is 11.5 Å². The topological polar surface area (TPSA) is 67.8 Å². The number of halogens is 1. The zero-order valence-electron chi connectivity index (χ0n) is 14.3. The average molecular weight is 408 g/mol. The first kappa shape index (κ1) is 19.3. The van der Waals surface area contributed by atoms with Crippen LogP contribution in [-0.4, -0.2) is 31.8 Å². The van der Waals surface area contributed by atoms with Crippen molar-refractivity contribution in [3.63, 3.8) is 0 Å². The number of aliphatic hydroxyl groups is 1. The first-order valence-corrected chi connectivity index (χ1v) is 8.74. The summed E-state index contributed by atoms with van der Waals surface area (Å²) >= 11 is 3.43. The molecule has 0 aliphatic carbocycles. The molecule has 2 aromatic rings. The number of nitrogens with one attached hydrogen (secondary N) is 1. The lowest BCUT2D eigenvalue weighted by Gasteiger charge is -2.15. The summed E-state index contributed by atoms with van der Waals surface area (Å²) in [6.07, 6.45) is 0.145. The fourth-order valence-electron chi connectivity index (χ4n) is 2.47. The summed E-state index contributed by atoms with van der Waals surface area (Å²) in [5.41, 5.74) is 1.69. The van der Waals surface area contributed by atoms with Crippen LogP contribution in [0.25, 0.3) is 0 Å². The van der Waals surface area contributed by atoms with Gasteiger partial charge in [-0.2, -0.15) is 0 Å². The standard InChI is InChI=1S/C19H22BrNO4/c1-24-17-6-4-3-5-14(17)16(22)12-21-19(23)10-8-13-7-9-18(25-2)15(20)11-13/h3-7,9,11,16,22H,8,10,12H2,1-2H3,(H,21,23)/t16-/m0/s1. The molecule has 0 aliphatic rings. The second-order valence-corrected chi connectivity index (χ2v) is 6.39. The molecule has 0 bridgehead atoms. The number of benzene rings is 2. The van der Waals surface area contributed by atoms with Crippen molar-refractivity contribution in [2.24, 2.45) is 0 Å². The van der Waals surface area contributed by atoms with Crippen molar-refractivity contribution in [3.05, 3.63) is 58.1 Å². The highest BCUT2D eigenvalue weighted by atomic mass is 79.9. The van der Waals surface area contributed by atoms with Gasteiger partial charge in [-0.3, -0.25) is 4.79 Å². The first-order chi connectivity index (χ1) is 12.0. The van der Waals surface area contributed by atoms with E-state index in [-0.39, 0.29) is 12.5 Å². The quantitative estimate of drug-likeness (QED) is 0.704. The number of methoxy groups -OCH3 is 2. The van der Waals surface area contributed by atoms with Gasteiger partial charge in [0.2, 0.25) is 5.91 Å². The summed E-state index contributed by atoms with van der Waals surface area (Å²) in [7, 11) is 3.16. The van der Waals surface area contributed by atoms with Gasteiger partial charge >= 0.3 is 0 Å². The molecule has 0 unspecified atom stereocenters. The average Bonchev–Trinajstić information content (AvgIpc) is 2.64. The summed E-state index contributed by atoms with van der Waals surface area (Å²) in [6.45, 7) is 0.144. The van der Waals surface area contributed by atoms with Crippen LogP contribution in [0.3, 0.4) is 0 Å². The number of hydrogen-bond donors (Lipinski definition) is 2. The Morgan fingerprint density at radius 3 is 2.56 bits per heavy atom. The summed E-state index contributed by atoms with van der Waals surface area (Å²) < 4.78 is 11.3. The minimum Gasteiger partial charge on any atom is -0.496 e. The van der Waals surface area contributed by atoms with Crippen molar-refractivity contribution in [2.45, 2.75) is 18.9 Å². The Kier molecular flexibility index (Phi) is 7.28. The van der Waals surface area contributed by atoms with Crippen LogP contribution in [0, 0.1) is 0 Å². The third-order valence-electron chi connectivity index (χ3n) is 3.85. The molecule has 0 saturated heterocycles. The SMILES string of the molecule is COc1ccc(CCC(=O)NC[C@H](O)c2ccccc2OC)cc1Br. The number of para-hydroxylation sites is 1. The van der Waals surface area contributed by atoms with E-state index >= 15 is 0 Å². The van der Waals surface area contributed by atoms with Crippen molar-refractivity contribution >= 4 is 21.8 Å². The molecule has 2 N–H and O–H groups in total. The second kappa shape index (κ2) is 9.44. The molecular weight excluding hydrogens is 386 g/mol. The molecule has 134 valence electrons. The van der Waals surface area contributed by atoms with Crippen molar-refractivity contribution < 1.29 is 19.4 Å². The lowest BCUT2D eigenvalue weighted by molar-refractivity contribution is -0.121. The molecule has 1 amide bonds. The maximum Gasteiger partial charge on any atom is 0.220 e. The first-order valence-electron chi connectivity index (χ1n) is 7.95. The summed E-state index contributed by atoms with van der Waals surface area (Å²) in [6, 6.07) is 13.0. The monoisotopic (exact) mass is 407 g/mol. The van der Waals surface area contributed by atoms with Gasteiger partial charge in [0.25, 0.3) is 0 Å². The fraction of sp³-hybridized carbons (Fsp3) is 0.316. The minimum absolute atomic E-state index is 0.110. The summed E-state index contributed by atoms with van der Waals surface area (Å²) in [5.74, 6) is 1.25. The number of ether oxygens (including phenoxy) is 2. The van der Waals surface area contributed by atoms with Gasteiger partial charge in [-0.05, 0) is 46.1 Å². The molecule has 5 nitrogen and oxygen atoms in total. The summed E-state index contributed by atoms with van der Waals surface area (Å²) in [4.78, 5) is 12.0. The smallest absolute Gasteiger partial charge is 0.220 e. The largest absolute Gasteiger partial charge is 0.496 e. The Balaban J connectivity index is 1.83. The molecule has 2 rings (SSSR count). The van der Waals surface area contributed by atoms with Crippen LogP contribution >= 0.6 is 15.9 Å². The molecule has 0 aliphatic heterocycles. The van der Waals surface area contributed by atoms with Crippen LogP contribution in [0.5, 0.6) is 11.5 Å². The van der Waals surface area contributed by atoms with Crippen LogP contribution in [0.1, 0.15) is 23.7 Å². The molecule has 0 spiro atoms. The van der Waals surface area contributed by atoms with Gasteiger partial charge in [0.05, 0.1) is 24.8 Å². The van der Waals surface area contributed by atoms with E-state index < -0.39 is 6.10 Å². The van der Waals surface area contributed by atoms with Crippen LogP contribution in [0.15, 0.2) is 46.9 Å². The predicted octanol–water partition coefficient (Wildman–Crippen LogP) is 3.25. The predicted molar refractivity (Wildman–Crippen MR) is 100.0 cm³/mol. The van der Waals surface area contributed by atoms with Gasteiger partial charge < -0.3 is 19.9 Å². The van der Waals surface area contributed by atoms with Crippen LogP contribution in [-0.2, 0) is 11.2 Å². The third-order valence-corrected chi connectivity index (χ3v) is 4.47. The summed E-state index contributed by atoms with van der Waals surface area (Å²) in [5, 5.41) is 13.0. The number of aryl methyl sites for hydroxylation is 1. The number of amides is 1. The number of hydrogen-bond acceptors (Lipinski definition) is 4. The van der Waals surface area contributed by atoms with Crippen molar-refractivity contribution in [1.29, 1.82) is 0 Å². The van der Waals surface area contributed by atoms with E-state index in [0.29, 0.717) is 24.2 Å². The number of aliphatic hydroxyl groups excluding tert-OH is 1. The molecule has 0 fully saturated rings. The lowest BCUT2D eigenvalue weighted by Crippen LogP contribution is -2.28. The Bertz CT molecular complexity index is 720. The van der Waals surface area contributed by atoms with E-state index in [1.165, 1.54) is 0 Å². The molecule has 6 heteroatoms. The van der Waals surface area contributed by atoms with E-state index in [2.05, 4.69) is 21.2 Å². The molecule has 1 atom stereocenters. The third kappa shape index (κ3) is 5.47. The van der Waals surface area contributed by atoms with Crippen molar-refractivity contribution in [2.75, 3.05) is 20.8 Å². The fourth-order valence-corrected chi connectivity index (χ4v) is 3.06. The maximum absolute atomic E-state index is 12.0. The number of rotatable bonds is 8. The molecule has 0 heterocycles. The molecule has 2 aromatic carbocycles. The number of carbonyl (C=O) groups excluding carboxylic acids is 1. The minimum atomic E-state index is -0.810. The lowest BCUT2D eigenvalue weighted by atomic mass is 10.1. The highest BCUT2D eigenvalue weighted by Gasteiger charge is 2.14. The molecular formula is C19H22BrNO4. The molecule has 0 saturated carbocycles. The van der Waals surface area contributed by atoms with Crippen LogP contribution in [0.2, 0.25) is 0 Å². The highest BCUT2D eigenvalue weighted by Crippen LogP contribution is 2.26.